The summed E-state index contributed by atoms with van der Waals surface area (Å²) in [6.45, 7) is 5.25. The third-order valence-electron chi connectivity index (χ3n) is 9.37. The molecule has 0 bridgehead atoms. The van der Waals surface area contributed by atoms with Gasteiger partial charge in [-0.3, -0.25) is 19.1 Å². The minimum atomic E-state index is -4.23. The van der Waals surface area contributed by atoms with E-state index in [0.717, 1.165) is 49.9 Å². The van der Waals surface area contributed by atoms with E-state index in [1.54, 1.807) is 9.47 Å². The van der Waals surface area contributed by atoms with E-state index in [2.05, 4.69) is 39.4 Å². The van der Waals surface area contributed by atoms with Crippen LogP contribution in [-0.4, -0.2) is 89.9 Å². The number of hydrogen-bond donors (Lipinski definition) is 0. The molecule has 11 heteroatoms. The number of rotatable bonds is 7. The summed E-state index contributed by atoms with van der Waals surface area (Å²) in [5.41, 5.74) is 0.846. The number of amides is 1. The molecular weight excluding hydrogens is 648 g/mol. The van der Waals surface area contributed by atoms with Crippen LogP contribution in [0, 0.1) is 11.8 Å². The van der Waals surface area contributed by atoms with Gasteiger partial charge in [0.25, 0.3) is 5.56 Å². The van der Waals surface area contributed by atoms with Crippen LogP contribution in [0.2, 0.25) is 0 Å². The molecule has 1 unspecified atom stereocenters. The average Bonchev–Trinajstić information content (AvgIpc) is 2.97. The summed E-state index contributed by atoms with van der Waals surface area (Å²) in [7, 11) is 2.10. The molecule has 1 aliphatic carbocycles. The van der Waals surface area contributed by atoms with Gasteiger partial charge in [-0.05, 0) is 63.1 Å². The average molecular weight is 689 g/mol. The van der Waals surface area contributed by atoms with Gasteiger partial charge in [0.1, 0.15) is 0 Å². The Bertz CT molecular complexity index is 1260. The van der Waals surface area contributed by atoms with Gasteiger partial charge in [0.15, 0.2) is 0 Å². The Morgan fingerprint density at radius 2 is 1.83 bits per heavy atom. The summed E-state index contributed by atoms with van der Waals surface area (Å²) in [6, 6.07) is 9.59. The van der Waals surface area contributed by atoms with Crippen LogP contribution in [0.15, 0.2) is 35.1 Å². The lowest BCUT2D eigenvalue weighted by molar-refractivity contribution is -0.185. The largest absolute Gasteiger partial charge is 0.391 e. The molecule has 2 aliphatic heterocycles. The Morgan fingerprint density at radius 3 is 2.46 bits per heavy atom. The molecule has 5 rings (SSSR count). The van der Waals surface area contributed by atoms with Crippen LogP contribution in [-0.2, 0) is 20.6 Å². The first kappa shape index (κ1) is 30.7. The smallest absolute Gasteiger partial charge is 0.379 e. The van der Waals surface area contributed by atoms with Crippen molar-refractivity contribution >= 4 is 39.4 Å². The number of nitrogens with zero attached hydrogens (tertiary/aromatic N) is 4. The molecule has 7 nitrogen and oxygen atoms in total. The van der Waals surface area contributed by atoms with Gasteiger partial charge >= 0.3 is 6.18 Å². The van der Waals surface area contributed by atoms with Gasteiger partial charge in [0, 0.05) is 50.8 Å². The van der Waals surface area contributed by atoms with Crippen molar-refractivity contribution in [3.63, 3.8) is 0 Å². The summed E-state index contributed by atoms with van der Waals surface area (Å²) in [5, 5.41) is 0.923. The number of carbonyl (C=O) groups is 1. The van der Waals surface area contributed by atoms with E-state index in [0.29, 0.717) is 29.9 Å². The molecule has 1 atom stereocenters. The SMILES string of the molecule is CN1CCN(C2(CN(Cc3cc4ccccc4n(CI)c3=O)C(=O)C3CCC(C(F)(F)F)CC3)CCCOC2)CC1. The Kier molecular flexibility index (Phi) is 9.67. The van der Waals surface area contributed by atoms with E-state index in [1.165, 1.54) is 0 Å². The summed E-state index contributed by atoms with van der Waals surface area (Å²) in [4.78, 5) is 34.4. The van der Waals surface area contributed by atoms with Crippen molar-refractivity contribution in [1.82, 2.24) is 19.3 Å². The molecule has 0 N–H and O–H groups in total. The van der Waals surface area contributed by atoms with Crippen LogP contribution in [0.4, 0.5) is 13.2 Å². The number of alkyl halides is 4. The summed E-state index contributed by atoms with van der Waals surface area (Å²) >= 11 is 2.18. The van der Waals surface area contributed by atoms with Crippen molar-refractivity contribution < 1.29 is 22.7 Å². The lowest BCUT2D eigenvalue weighted by atomic mass is 9.80. The number of ether oxygens (including phenoxy) is 1. The number of carbonyl (C=O) groups excluding carboxylic acids is 1. The van der Waals surface area contributed by atoms with Gasteiger partial charge in [-0.15, -0.1) is 0 Å². The van der Waals surface area contributed by atoms with Crippen molar-refractivity contribution in [2.24, 2.45) is 11.8 Å². The number of fused-ring (bicyclic) bond motifs is 1. The molecule has 41 heavy (non-hydrogen) atoms. The zero-order chi connectivity index (χ0) is 29.2. The van der Waals surface area contributed by atoms with Gasteiger partial charge in [-0.25, -0.2) is 0 Å². The topological polar surface area (TPSA) is 58.0 Å². The Balaban J connectivity index is 1.48. The maximum atomic E-state index is 14.2. The molecule has 3 aliphatic rings. The first-order chi connectivity index (χ1) is 19.6. The molecule has 0 radical (unpaired) electrons. The van der Waals surface area contributed by atoms with Gasteiger partial charge in [0.05, 0.1) is 34.7 Å². The van der Waals surface area contributed by atoms with Gasteiger partial charge in [0.2, 0.25) is 5.91 Å². The molecule has 226 valence electrons. The molecule has 2 aromatic rings. The van der Waals surface area contributed by atoms with Crippen molar-refractivity contribution in [2.45, 2.75) is 61.3 Å². The third-order valence-corrected chi connectivity index (χ3v) is 10.1. The number of benzene rings is 1. The van der Waals surface area contributed by atoms with E-state index in [-0.39, 0.29) is 43.7 Å². The highest BCUT2D eigenvalue weighted by Gasteiger charge is 2.46. The number of piperazine rings is 1. The van der Waals surface area contributed by atoms with E-state index in [4.69, 9.17) is 4.74 Å². The fourth-order valence-corrected chi connectivity index (χ4v) is 7.59. The highest BCUT2D eigenvalue weighted by Crippen LogP contribution is 2.40. The van der Waals surface area contributed by atoms with Crippen LogP contribution >= 0.6 is 22.6 Å². The zero-order valence-electron chi connectivity index (χ0n) is 23.7. The summed E-state index contributed by atoms with van der Waals surface area (Å²) in [6.07, 6.45) is -2.11. The van der Waals surface area contributed by atoms with E-state index in [1.807, 2.05) is 30.3 Å². The van der Waals surface area contributed by atoms with Crippen LogP contribution in [0.25, 0.3) is 10.9 Å². The first-order valence-electron chi connectivity index (χ1n) is 14.7. The number of aromatic nitrogens is 1. The predicted molar refractivity (Wildman–Crippen MR) is 161 cm³/mol. The van der Waals surface area contributed by atoms with Crippen LogP contribution in [0.3, 0.4) is 0 Å². The van der Waals surface area contributed by atoms with Gasteiger partial charge < -0.3 is 14.5 Å². The minimum Gasteiger partial charge on any atom is -0.379 e. The van der Waals surface area contributed by atoms with Gasteiger partial charge in [-0.2, -0.15) is 13.2 Å². The molecule has 1 amide bonds. The second-order valence-electron chi connectivity index (χ2n) is 12.0. The van der Waals surface area contributed by atoms with Crippen LogP contribution < -0.4 is 5.56 Å². The lowest BCUT2D eigenvalue weighted by Gasteiger charge is -2.51. The van der Waals surface area contributed by atoms with Crippen molar-refractivity contribution in [3.05, 3.63) is 46.2 Å². The highest BCUT2D eigenvalue weighted by atomic mass is 127. The molecule has 2 saturated heterocycles. The third kappa shape index (κ3) is 6.78. The second-order valence-corrected chi connectivity index (χ2v) is 12.7. The quantitative estimate of drug-likeness (QED) is 0.307. The number of likely N-dealkylation sites (N-methyl/N-ethyl adjacent to an activating group) is 1. The Hall–Kier alpha value is -1.70. The van der Waals surface area contributed by atoms with Crippen LogP contribution in [0.1, 0.15) is 44.1 Å². The monoisotopic (exact) mass is 688 g/mol. The second kappa shape index (κ2) is 12.9. The van der Waals surface area contributed by atoms with Crippen molar-refractivity contribution in [2.75, 3.05) is 53.0 Å². The Labute approximate surface area is 253 Å². The molecule has 3 heterocycles. The minimum absolute atomic E-state index is 0.0297. The normalized spacial score (nSPS) is 26.8. The van der Waals surface area contributed by atoms with E-state index >= 15 is 0 Å². The predicted octanol–water partition coefficient (Wildman–Crippen LogP) is 4.89. The molecule has 0 spiro atoms. The molecular formula is C30H40F3IN4O3. The van der Waals surface area contributed by atoms with Gasteiger partial charge in [-0.1, -0.05) is 40.8 Å². The summed E-state index contributed by atoms with van der Waals surface area (Å²) < 4.78 is 48.4. The molecule has 3 fully saturated rings. The zero-order valence-corrected chi connectivity index (χ0v) is 25.8. The standard InChI is InChI=1S/C30H40F3IN4O3/c1-35-12-14-37(15-13-35)29(11-4-16-41-20-29)19-36(27(39)22-7-9-25(10-8-22)30(31,32)33)18-24-17-23-5-2-3-6-26(23)38(21-34)28(24)40/h2-3,5-6,17,22,25H,4,7-16,18-21H2,1H3. The maximum absolute atomic E-state index is 14.2. The highest BCUT2D eigenvalue weighted by molar-refractivity contribution is 14.1. The van der Waals surface area contributed by atoms with Crippen molar-refractivity contribution in [3.8, 4) is 0 Å². The Morgan fingerprint density at radius 1 is 1.12 bits per heavy atom. The van der Waals surface area contributed by atoms with Crippen LogP contribution in [0.5, 0.6) is 0 Å². The first-order valence-corrected chi connectivity index (χ1v) is 16.2. The molecule has 1 aromatic heterocycles. The van der Waals surface area contributed by atoms with E-state index in [9.17, 15) is 22.8 Å². The fraction of sp³-hybridized carbons (Fsp3) is 0.667. The fourth-order valence-electron chi connectivity index (χ4n) is 6.91. The molecule has 1 saturated carbocycles. The number of para-hydroxylation sites is 1. The molecule has 1 aromatic carbocycles. The number of halogens is 4. The number of pyridine rings is 1. The maximum Gasteiger partial charge on any atom is 0.391 e. The van der Waals surface area contributed by atoms with E-state index < -0.39 is 23.6 Å². The number of hydrogen-bond acceptors (Lipinski definition) is 5. The summed E-state index contributed by atoms with van der Waals surface area (Å²) in [5.74, 6) is -1.96. The lowest BCUT2D eigenvalue weighted by Crippen LogP contribution is -2.64. The van der Waals surface area contributed by atoms with Crippen molar-refractivity contribution in [1.29, 1.82) is 0 Å².